The molecular formula is C14H14N2O4. The number of ether oxygens (including phenoxy) is 1. The van der Waals surface area contributed by atoms with E-state index < -0.39 is 0 Å². The van der Waals surface area contributed by atoms with Crippen molar-refractivity contribution in [2.75, 3.05) is 26.4 Å². The van der Waals surface area contributed by atoms with Crippen molar-refractivity contribution in [2.45, 2.75) is 6.42 Å². The van der Waals surface area contributed by atoms with Crippen molar-refractivity contribution in [3.63, 3.8) is 0 Å². The van der Waals surface area contributed by atoms with Crippen molar-refractivity contribution in [2.24, 2.45) is 0 Å². The molecule has 1 fully saturated rings. The molecule has 0 bridgehead atoms. The SMILES string of the molecule is O=C(CCN1C(=O)c2ccccc2C1=O)N1CCOC1. The number of amides is 3. The minimum atomic E-state index is -0.323. The number of rotatable bonds is 3. The van der Waals surface area contributed by atoms with Crippen molar-refractivity contribution < 1.29 is 19.1 Å². The average molecular weight is 274 g/mol. The fourth-order valence-corrected chi connectivity index (χ4v) is 2.42. The maximum atomic E-state index is 12.1. The van der Waals surface area contributed by atoms with E-state index in [9.17, 15) is 14.4 Å². The van der Waals surface area contributed by atoms with Crippen LogP contribution in [0.2, 0.25) is 0 Å². The summed E-state index contributed by atoms with van der Waals surface area (Å²) in [7, 11) is 0. The molecule has 0 aromatic heterocycles. The quantitative estimate of drug-likeness (QED) is 0.752. The number of carbonyl (C=O) groups is 3. The number of benzene rings is 1. The molecule has 6 heteroatoms. The molecule has 1 saturated heterocycles. The molecule has 2 heterocycles. The molecule has 1 aromatic rings. The molecule has 0 N–H and O–H groups in total. The van der Waals surface area contributed by atoms with Gasteiger partial charge in [0.15, 0.2) is 0 Å². The normalized spacial score (nSPS) is 17.8. The largest absolute Gasteiger partial charge is 0.359 e. The van der Waals surface area contributed by atoms with E-state index in [1.165, 1.54) is 0 Å². The molecule has 0 saturated carbocycles. The van der Waals surface area contributed by atoms with E-state index in [0.717, 1.165) is 4.90 Å². The second kappa shape index (κ2) is 5.05. The zero-order valence-electron chi connectivity index (χ0n) is 10.9. The van der Waals surface area contributed by atoms with Crippen LogP contribution in [-0.4, -0.2) is 53.9 Å². The molecule has 0 atom stereocenters. The smallest absolute Gasteiger partial charge is 0.261 e. The van der Waals surface area contributed by atoms with Crippen LogP contribution < -0.4 is 0 Å². The van der Waals surface area contributed by atoms with Crippen LogP contribution in [0.1, 0.15) is 27.1 Å². The summed E-state index contributed by atoms with van der Waals surface area (Å²) in [5.41, 5.74) is 0.823. The molecule has 0 radical (unpaired) electrons. The van der Waals surface area contributed by atoms with E-state index in [-0.39, 0.29) is 30.7 Å². The summed E-state index contributed by atoms with van der Waals surface area (Å²) in [5.74, 6) is -0.744. The Morgan fingerprint density at radius 3 is 2.35 bits per heavy atom. The molecule has 2 aliphatic rings. The summed E-state index contributed by atoms with van der Waals surface area (Å²) in [6.45, 7) is 1.52. The zero-order chi connectivity index (χ0) is 14.1. The van der Waals surface area contributed by atoms with Crippen molar-refractivity contribution in [3.05, 3.63) is 35.4 Å². The van der Waals surface area contributed by atoms with Gasteiger partial charge in [-0.05, 0) is 12.1 Å². The van der Waals surface area contributed by atoms with Gasteiger partial charge in [-0.25, -0.2) is 0 Å². The molecule has 3 amide bonds. The summed E-state index contributed by atoms with van der Waals surface area (Å²) in [6, 6.07) is 6.71. The Labute approximate surface area is 115 Å². The zero-order valence-corrected chi connectivity index (χ0v) is 10.9. The number of nitrogens with zero attached hydrogens (tertiary/aromatic N) is 2. The lowest BCUT2D eigenvalue weighted by Gasteiger charge is -2.17. The topological polar surface area (TPSA) is 66.9 Å². The van der Waals surface area contributed by atoms with E-state index in [1.54, 1.807) is 29.2 Å². The van der Waals surface area contributed by atoms with Crippen molar-refractivity contribution in [3.8, 4) is 0 Å². The molecule has 0 aliphatic carbocycles. The van der Waals surface area contributed by atoms with Crippen LogP contribution in [0.4, 0.5) is 0 Å². The highest BCUT2D eigenvalue weighted by Crippen LogP contribution is 2.22. The van der Waals surface area contributed by atoms with Crippen LogP contribution in [0.15, 0.2) is 24.3 Å². The summed E-state index contributed by atoms with van der Waals surface area (Å²) < 4.78 is 5.10. The average Bonchev–Trinajstić information content (AvgIpc) is 3.07. The van der Waals surface area contributed by atoms with Gasteiger partial charge in [-0.1, -0.05) is 12.1 Å². The molecule has 2 aliphatic heterocycles. The molecule has 3 rings (SSSR count). The summed E-state index contributed by atoms with van der Waals surface area (Å²) in [5, 5.41) is 0. The summed E-state index contributed by atoms with van der Waals surface area (Å²) >= 11 is 0. The first-order valence-electron chi connectivity index (χ1n) is 6.49. The Balaban J connectivity index is 1.66. The van der Waals surface area contributed by atoms with Gasteiger partial charge >= 0.3 is 0 Å². The minimum absolute atomic E-state index is 0.0981. The highest BCUT2D eigenvalue weighted by molar-refractivity contribution is 6.21. The number of imide groups is 1. The van der Waals surface area contributed by atoms with Gasteiger partial charge in [0.25, 0.3) is 11.8 Å². The van der Waals surface area contributed by atoms with Crippen LogP contribution in [0.5, 0.6) is 0 Å². The first-order valence-corrected chi connectivity index (χ1v) is 6.49. The Morgan fingerprint density at radius 1 is 1.15 bits per heavy atom. The van der Waals surface area contributed by atoms with E-state index >= 15 is 0 Å². The van der Waals surface area contributed by atoms with E-state index in [4.69, 9.17) is 4.74 Å². The standard InChI is InChI=1S/C14H14N2O4/c17-12(15-7-8-20-9-15)5-6-16-13(18)10-3-1-2-4-11(10)14(16)19/h1-4H,5-9H2. The summed E-state index contributed by atoms with van der Waals surface area (Å²) in [4.78, 5) is 38.8. The van der Waals surface area contributed by atoms with Crippen LogP contribution in [-0.2, 0) is 9.53 Å². The molecule has 20 heavy (non-hydrogen) atoms. The third-order valence-corrected chi connectivity index (χ3v) is 3.53. The van der Waals surface area contributed by atoms with E-state index in [0.29, 0.717) is 31.0 Å². The molecule has 0 unspecified atom stereocenters. The lowest BCUT2D eigenvalue weighted by Crippen LogP contribution is -2.35. The van der Waals surface area contributed by atoms with Gasteiger partial charge in [-0.3, -0.25) is 19.3 Å². The van der Waals surface area contributed by atoms with Crippen molar-refractivity contribution in [1.29, 1.82) is 0 Å². The molecule has 104 valence electrons. The van der Waals surface area contributed by atoms with Gasteiger partial charge in [0.1, 0.15) is 6.73 Å². The first kappa shape index (κ1) is 12.8. The van der Waals surface area contributed by atoms with Gasteiger partial charge in [-0.2, -0.15) is 0 Å². The van der Waals surface area contributed by atoms with Gasteiger partial charge in [-0.15, -0.1) is 0 Å². The predicted octanol–water partition coefficient (Wildman–Crippen LogP) is 0.489. The monoisotopic (exact) mass is 274 g/mol. The van der Waals surface area contributed by atoms with Crippen LogP contribution in [0.3, 0.4) is 0 Å². The van der Waals surface area contributed by atoms with Crippen LogP contribution in [0.25, 0.3) is 0 Å². The lowest BCUT2D eigenvalue weighted by molar-refractivity contribution is -0.131. The Bertz CT molecular complexity index is 543. The van der Waals surface area contributed by atoms with Crippen molar-refractivity contribution >= 4 is 17.7 Å². The highest BCUT2D eigenvalue weighted by atomic mass is 16.5. The Hall–Kier alpha value is -2.21. The first-order chi connectivity index (χ1) is 9.68. The van der Waals surface area contributed by atoms with Crippen molar-refractivity contribution in [1.82, 2.24) is 9.80 Å². The third-order valence-electron chi connectivity index (χ3n) is 3.53. The predicted molar refractivity (Wildman–Crippen MR) is 69.0 cm³/mol. The number of hydrogen-bond acceptors (Lipinski definition) is 4. The fraction of sp³-hybridized carbons (Fsp3) is 0.357. The van der Waals surface area contributed by atoms with Gasteiger partial charge in [0, 0.05) is 19.5 Å². The second-order valence-electron chi connectivity index (χ2n) is 4.75. The Morgan fingerprint density at radius 2 is 1.80 bits per heavy atom. The number of carbonyl (C=O) groups excluding carboxylic acids is 3. The second-order valence-corrected chi connectivity index (χ2v) is 4.75. The fourth-order valence-electron chi connectivity index (χ4n) is 2.42. The lowest BCUT2D eigenvalue weighted by atomic mass is 10.1. The van der Waals surface area contributed by atoms with Gasteiger partial charge in [0.05, 0.1) is 17.7 Å². The minimum Gasteiger partial charge on any atom is -0.359 e. The molecule has 0 spiro atoms. The number of fused-ring (bicyclic) bond motifs is 1. The van der Waals surface area contributed by atoms with Gasteiger partial charge < -0.3 is 9.64 Å². The van der Waals surface area contributed by atoms with E-state index in [1.807, 2.05) is 0 Å². The van der Waals surface area contributed by atoms with E-state index in [2.05, 4.69) is 0 Å². The van der Waals surface area contributed by atoms with Gasteiger partial charge in [0.2, 0.25) is 5.91 Å². The maximum Gasteiger partial charge on any atom is 0.261 e. The van der Waals surface area contributed by atoms with Crippen LogP contribution >= 0.6 is 0 Å². The van der Waals surface area contributed by atoms with Crippen LogP contribution in [0, 0.1) is 0 Å². The molecule has 1 aromatic carbocycles. The molecule has 6 nitrogen and oxygen atoms in total. The molecular weight excluding hydrogens is 260 g/mol. The maximum absolute atomic E-state index is 12.1. The Kier molecular flexibility index (Phi) is 3.23. The highest BCUT2D eigenvalue weighted by Gasteiger charge is 2.35. The summed E-state index contributed by atoms with van der Waals surface area (Å²) in [6.07, 6.45) is 0.134. The third kappa shape index (κ3) is 2.08. The number of hydrogen-bond donors (Lipinski definition) is 0.